The van der Waals surface area contributed by atoms with Crippen LogP contribution in [0, 0.1) is 12.8 Å². The van der Waals surface area contributed by atoms with Crippen LogP contribution in [0.3, 0.4) is 0 Å². The first-order valence-corrected chi connectivity index (χ1v) is 7.04. The van der Waals surface area contributed by atoms with Gasteiger partial charge in [0.25, 0.3) is 0 Å². The lowest BCUT2D eigenvalue weighted by molar-refractivity contribution is 0.118. The lowest BCUT2D eigenvalue weighted by Gasteiger charge is -2.12. The van der Waals surface area contributed by atoms with Crippen molar-refractivity contribution < 1.29 is 4.74 Å². The Labute approximate surface area is 120 Å². The maximum atomic E-state index is 5.99. The van der Waals surface area contributed by atoms with Gasteiger partial charge >= 0.3 is 0 Å². The number of hydrogen-bond acceptors (Lipinski definition) is 4. The van der Waals surface area contributed by atoms with Crippen molar-refractivity contribution in [3.63, 3.8) is 0 Å². The second-order valence-electron chi connectivity index (χ2n) is 5.47. The minimum Gasteiger partial charge on any atom is -0.398 e. The SMILES string of the molecule is Cc1cc2c(NCCOCC(C)C)ccc(N)c2cn1. The summed E-state index contributed by atoms with van der Waals surface area (Å²) >= 11 is 0. The number of aryl methyl sites for hydroxylation is 1. The van der Waals surface area contributed by atoms with E-state index in [1.165, 1.54) is 0 Å². The van der Waals surface area contributed by atoms with Crippen LogP contribution in [0.2, 0.25) is 0 Å². The van der Waals surface area contributed by atoms with E-state index in [-0.39, 0.29) is 0 Å². The van der Waals surface area contributed by atoms with Gasteiger partial charge in [0, 0.05) is 47.2 Å². The number of hydrogen-bond donors (Lipinski definition) is 2. The average molecular weight is 273 g/mol. The fourth-order valence-electron chi connectivity index (χ4n) is 2.10. The maximum Gasteiger partial charge on any atom is 0.0639 e. The predicted octanol–water partition coefficient (Wildman–Crippen LogP) is 3.21. The number of rotatable bonds is 6. The molecule has 0 aliphatic heterocycles. The maximum absolute atomic E-state index is 5.99. The Hall–Kier alpha value is -1.81. The van der Waals surface area contributed by atoms with E-state index in [2.05, 4.69) is 30.2 Å². The van der Waals surface area contributed by atoms with Crippen LogP contribution in [-0.2, 0) is 4.74 Å². The van der Waals surface area contributed by atoms with Gasteiger partial charge in [0.05, 0.1) is 6.61 Å². The van der Waals surface area contributed by atoms with Crippen molar-refractivity contribution in [2.45, 2.75) is 20.8 Å². The van der Waals surface area contributed by atoms with Crippen LogP contribution in [0.15, 0.2) is 24.4 Å². The molecule has 0 aliphatic carbocycles. The van der Waals surface area contributed by atoms with E-state index in [0.717, 1.165) is 41.0 Å². The van der Waals surface area contributed by atoms with Gasteiger partial charge < -0.3 is 15.8 Å². The Morgan fingerprint density at radius 1 is 1.30 bits per heavy atom. The molecule has 1 aromatic heterocycles. The summed E-state index contributed by atoms with van der Waals surface area (Å²) in [5, 5.41) is 5.51. The highest BCUT2D eigenvalue weighted by Gasteiger charge is 2.05. The van der Waals surface area contributed by atoms with Crippen molar-refractivity contribution >= 4 is 22.1 Å². The molecular weight excluding hydrogens is 250 g/mol. The van der Waals surface area contributed by atoms with Gasteiger partial charge in [-0.25, -0.2) is 0 Å². The van der Waals surface area contributed by atoms with Crippen LogP contribution in [0.4, 0.5) is 11.4 Å². The fraction of sp³-hybridized carbons (Fsp3) is 0.438. The summed E-state index contributed by atoms with van der Waals surface area (Å²) in [6.45, 7) is 8.57. The molecule has 1 heterocycles. The Balaban J connectivity index is 2.06. The zero-order valence-electron chi connectivity index (χ0n) is 12.4. The zero-order valence-corrected chi connectivity index (χ0v) is 12.4. The van der Waals surface area contributed by atoms with Crippen LogP contribution in [0.25, 0.3) is 10.8 Å². The average Bonchev–Trinajstić information content (AvgIpc) is 2.40. The zero-order chi connectivity index (χ0) is 14.5. The van der Waals surface area contributed by atoms with Gasteiger partial charge in [-0.15, -0.1) is 0 Å². The molecule has 0 unspecified atom stereocenters. The van der Waals surface area contributed by atoms with E-state index in [1.54, 1.807) is 0 Å². The van der Waals surface area contributed by atoms with Gasteiger partial charge in [-0.2, -0.15) is 0 Å². The molecule has 20 heavy (non-hydrogen) atoms. The summed E-state index contributed by atoms with van der Waals surface area (Å²) < 4.78 is 5.58. The highest BCUT2D eigenvalue weighted by atomic mass is 16.5. The second-order valence-corrected chi connectivity index (χ2v) is 5.47. The third kappa shape index (κ3) is 3.61. The van der Waals surface area contributed by atoms with E-state index < -0.39 is 0 Å². The largest absolute Gasteiger partial charge is 0.398 e. The molecule has 0 fully saturated rings. The lowest BCUT2D eigenvalue weighted by atomic mass is 10.1. The van der Waals surface area contributed by atoms with E-state index in [4.69, 9.17) is 10.5 Å². The van der Waals surface area contributed by atoms with Gasteiger partial charge in [-0.1, -0.05) is 13.8 Å². The molecule has 0 amide bonds. The molecule has 0 aliphatic rings. The summed E-state index contributed by atoms with van der Waals surface area (Å²) in [5.74, 6) is 0.570. The molecule has 108 valence electrons. The van der Waals surface area contributed by atoms with Crippen molar-refractivity contribution in [2.75, 3.05) is 30.8 Å². The first-order valence-electron chi connectivity index (χ1n) is 7.04. The molecule has 0 bridgehead atoms. The Bertz CT molecular complexity index is 581. The van der Waals surface area contributed by atoms with Crippen LogP contribution >= 0.6 is 0 Å². The van der Waals surface area contributed by atoms with Gasteiger partial charge in [-0.3, -0.25) is 4.98 Å². The van der Waals surface area contributed by atoms with Crippen molar-refractivity contribution in [2.24, 2.45) is 5.92 Å². The van der Waals surface area contributed by atoms with Crippen molar-refractivity contribution in [1.82, 2.24) is 4.98 Å². The number of nitrogens with two attached hydrogens (primary N) is 1. The summed E-state index contributed by atoms with van der Waals surface area (Å²) in [7, 11) is 0. The molecule has 3 N–H and O–H groups in total. The molecule has 0 radical (unpaired) electrons. The van der Waals surface area contributed by atoms with Crippen molar-refractivity contribution in [3.05, 3.63) is 30.1 Å². The van der Waals surface area contributed by atoms with Gasteiger partial charge in [0.15, 0.2) is 0 Å². The van der Waals surface area contributed by atoms with E-state index >= 15 is 0 Å². The third-order valence-corrected chi connectivity index (χ3v) is 3.08. The summed E-state index contributed by atoms with van der Waals surface area (Å²) in [6, 6.07) is 5.99. The van der Waals surface area contributed by atoms with Gasteiger partial charge in [-0.05, 0) is 31.0 Å². The first kappa shape index (κ1) is 14.6. The molecule has 2 aromatic rings. The van der Waals surface area contributed by atoms with E-state index in [1.807, 2.05) is 25.3 Å². The fourth-order valence-corrected chi connectivity index (χ4v) is 2.10. The number of anilines is 2. The quantitative estimate of drug-likeness (QED) is 0.626. The van der Waals surface area contributed by atoms with Gasteiger partial charge in [0.1, 0.15) is 0 Å². The molecule has 0 atom stereocenters. The Morgan fingerprint density at radius 2 is 2.10 bits per heavy atom. The number of nitrogen functional groups attached to an aromatic ring is 1. The molecule has 0 saturated heterocycles. The number of ether oxygens (including phenoxy) is 1. The summed E-state index contributed by atoms with van der Waals surface area (Å²) in [5.41, 5.74) is 8.82. The highest BCUT2D eigenvalue weighted by Crippen LogP contribution is 2.28. The number of aromatic nitrogens is 1. The van der Waals surface area contributed by atoms with Crippen LogP contribution < -0.4 is 11.1 Å². The molecule has 0 saturated carbocycles. The number of nitrogens with one attached hydrogen (secondary N) is 1. The topological polar surface area (TPSA) is 60.2 Å². The molecule has 4 nitrogen and oxygen atoms in total. The van der Waals surface area contributed by atoms with Crippen molar-refractivity contribution in [1.29, 1.82) is 0 Å². The summed E-state index contributed by atoms with van der Waals surface area (Å²) in [6.07, 6.45) is 1.83. The van der Waals surface area contributed by atoms with Crippen molar-refractivity contribution in [3.8, 4) is 0 Å². The number of nitrogens with zero attached hydrogens (tertiary/aromatic N) is 1. The third-order valence-electron chi connectivity index (χ3n) is 3.08. The lowest BCUT2D eigenvalue weighted by Crippen LogP contribution is -2.12. The molecule has 0 spiro atoms. The minimum absolute atomic E-state index is 0.570. The minimum atomic E-state index is 0.570. The predicted molar refractivity (Wildman–Crippen MR) is 85.0 cm³/mol. The number of benzene rings is 1. The molecular formula is C16H23N3O. The van der Waals surface area contributed by atoms with Crippen LogP contribution in [-0.4, -0.2) is 24.7 Å². The molecule has 4 heteroatoms. The number of fused-ring (bicyclic) bond motifs is 1. The number of pyridine rings is 1. The standard InChI is InChI=1S/C16H23N3O/c1-11(2)10-20-7-6-18-16-5-4-15(17)14-9-19-12(3)8-13(14)16/h4-5,8-9,11,18H,6-7,10,17H2,1-3H3. The molecule has 2 rings (SSSR count). The van der Waals surface area contributed by atoms with E-state index in [0.29, 0.717) is 12.5 Å². The Morgan fingerprint density at radius 3 is 2.85 bits per heavy atom. The molecule has 1 aromatic carbocycles. The first-order chi connectivity index (χ1) is 9.58. The normalized spacial score (nSPS) is 11.2. The van der Waals surface area contributed by atoms with E-state index in [9.17, 15) is 0 Å². The monoisotopic (exact) mass is 273 g/mol. The van der Waals surface area contributed by atoms with Gasteiger partial charge in [0.2, 0.25) is 0 Å². The Kier molecular flexibility index (Phi) is 4.79. The van der Waals surface area contributed by atoms with Crippen LogP contribution in [0.5, 0.6) is 0 Å². The smallest absolute Gasteiger partial charge is 0.0639 e. The second kappa shape index (κ2) is 6.57. The summed E-state index contributed by atoms with van der Waals surface area (Å²) in [4.78, 5) is 4.31. The van der Waals surface area contributed by atoms with Crippen LogP contribution in [0.1, 0.15) is 19.5 Å². The highest BCUT2D eigenvalue weighted by molar-refractivity contribution is 6.00.